The van der Waals surface area contributed by atoms with E-state index in [1.54, 1.807) is 0 Å². The van der Waals surface area contributed by atoms with Crippen molar-refractivity contribution in [2.75, 3.05) is 12.0 Å². The molecule has 0 aliphatic heterocycles. The minimum Gasteiger partial charge on any atom is -0.473 e. The number of amides is 2. The third-order valence-electron chi connectivity index (χ3n) is 3.94. The van der Waals surface area contributed by atoms with Crippen molar-refractivity contribution in [2.24, 2.45) is 0 Å². The molecular formula is C21H28N2O2. The monoisotopic (exact) mass is 340 g/mol. The Morgan fingerprint density at radius 2 is 1.64 bits per heavy atom. The van der Waals surface area contributed by atoms with Crippen LogP contribution in [0.1, 0.15) is 45.2 Å². The number of hydrogen-bond donors (Lipinski definition) is 2. The smallest absolute Gasteiger partial charge is 0.321 e. The topological polar surface area (TPSA) is 50.4 Å². The predicted molar refractivity (Wildman–Crippen MR) is 103 cm³/mol. The molecule has 134 valence electrons. The summed E-state index contributed by atoms with van der Waals surface area (Å²) in [6.45, 7) is 8.76. The maximum Gasteiger partial charge on any atom is 0.321 e. The van der Waals surface area contributed by atoms with Gasteiger partial charge in [-0.1, -0.05) is 58.4 Å². The van der Waals surface area contributed by atoms with Crippen molar-refractivity contribution in [3.63, 3.8) is 0 Å². The number of carbonyl (C=O) groups is 1. The van der Waals surface area contributed by atoms with Gasteiger partial charge in [0.1, 0.15) is 5.75 Å². The summed E-state index contributed by atoms with van der Waals surface area (Å²) in [6, 6.07) is 15.6. The fraction of sp³-hybridized carbons (Fsp3) is 0.381. The molecule has 0 unspecified atom stereocenters. The van der Waals surface area contributed by atoms with E-state index < -0.39 is 0 Å². The van der Waals surface area contributed by atoms with E-state index in [9.17, 15) is 4.79 Å². The van der Waals surface area contributed by atoms with Crippen LogP contribution in [-0.4, -0.2) is 12.8 Å². The first kappa shape index (κ1) is 18.8. The maximum atomic E-state index is 11.9. The normalized spacial score (nSPS) is 11.0. The van der Waals surface area contributed by atoms with Crippen molar-refractivity contribution in [3.05, 3.63) is 59.7 Å². The Bertz CT molecular complexity index is 671. The van der Waals surface area contributed by atoms with Crippen LogP contribution in [0, 0.1) is 0 Å². The summed E-state index contributed by atoms with van der Waals surface area (Å²) >= 11 is 0. The highest BCUT2D eigenvalue weighted by atomic mass is 16.5. The molecule has 0 aliphatic carbocycles. The van der Waals surface area contributed by atoms with Crippen molar-refractivity contribution in [1.82, 2.24) is 5.32 Å². The van der Waals surface area contributed by atoms with Crippen LogP contribution in [0.25, 0.3) is 0 Å². The van der Waals surface area contributed by atoms with Gasteiger partial charge in [-0.25, -0.2) is 4.79 Å². The van der Waals surface area contributed by atoms with Crippen molar-refractivity contribution in [1.29, 1.82) is 0 Å². The zero-order valence-corrected chi connectivity index (χ0v) is 15.6. The molecule has 2 aromatic carbocycles. The van der Waals surface area contributed by atoms with E-state index in [1.807, 2.05) is 36.4 Å². The molecule has 0 atom stereocenters. The molecule has 0 spiro atoms. The quantitative estimate of drug-likeness (QED) is 0.719. The van der Waals surface area contributed by atoms with Gasteiger partial charge in [0, 0.05) is 5.69 Å². The van der Waals surface area contributed by atoms with Crippen LogP contribution in [0.15, 0.2) is 48.5 Å². The predicted octanol–water partition coefficient (Wildman–Crippen LogP) is 5.09. The highest BCUT2D eigenvalue weighted by Crippen LogP contribution is 2.23. The minimum absolute atomic E-state index is 0.0985. The molecule has 4 nitrogen and oxygen atoms in total. The summed E-state index contributed by atoms with van der Waals surface area (Å²) in [7, 11) is 0. The van der Waals surface area contributed by atoms with Crippen LogP contribution >= 0.6 is 0 Å². The largest absolute Gasteiger partial charge is 0.473 e. The molecule has 2 rings (SSSR count). The highest BCUT2D eigenvalue weighted by Gasteiger charge is 2.13. The summed E-state index contributed by atoms with van der Waals surface area (Å²) in [5.41, 5.74) is 3.38. The van der Waals surface area contributed by atoms with E-state index in [0.717, 1.165) is 24.3 Å². The number of hydrogen-bond acceptors (Lipinski definition) is 2. The lowest BCUT2D eigenvalue weighted by Gasteiger charge is -2.19. The van der Waals surface area contributed by atoms with Gasteiger partial charge in [0.25, 0.3) is 0 Å². The molecule has 0 bridgehead atoms. The lowest BCUT2D eigenvalue weighted by molar-refractivity contribution is 0.234. The molecule has 25 heavy (non-hydrogen) atoms. The molecule has 0 fully saturated rings. The van der Waals surface area contributed by atoms with Crippen LogP contribution < -0.4 is 15.4 Å². The molecule has 2 aromatic rings. The second kappa shape index (κ2) is 8.56. The summed E-state index contributed by atoms with van der Waals surface area (Å²) < 4.78 is 5.54. The SMILES string of the molecule is CCCc1ccc(OCNC(=O)Nc2ccc(C(C)(C)C)cc2)cc1. The Morgan fingerprint density at radius 3 is 2.20 bits per heavy atom. The number of urea groups is 1. The zero-order chi connectivity index (χ0) is 18.3. The number of carbonyl (C=O) groups excluding carboxylic acids is 1. The maximum absolute atomic E-state index is 11.9. The lowest BCUT2D eigenvalue weighted by atomic mass is 9.87. The molecule has 0 saturated carbocycles. The van der Waals surface area contributed by atoms with Gasteiger partial charge in [-0.15, -0.1) is 0 Å². The Hall–Kier alpha value is -2.49. The van der Waals surface area contributed by atoms with Crippen molar-refractivity contribution in [3.8, 4) is 5.75 Å². The summed E-state index contributed by atoms with van der Waals surface area (Å²) in [6.07, 6.45) is 2.19. The van der Waals surface area contributed by atoms with E-state index in [4.69, 9.17) is 4.74 Å². The Labute approximate surface area is 150 Å². The average molecular weight is 340 g/mol. The first-order valence-electron chi connectivity index (χ1n) is 8.75. The van der Waals surface area contributed by atoms with Gasteiger partial charge in [-0.2, -0.15) is 0 Å². The zero-order valence-electron chi connectivity index (χ0n) is 15.6. The van der Waals surface area contributed by atoms with E-state index in [2.05, 4.69) is 50.5 Å². The van der Waals surface area contributed by atoms with Crippen molar-refractivity contribution < 1.29 is 9.53 Å². The first-order chi connectivity index (χ1) is 11.9. The van der Waals surface area contributed by atoms with Crippen LogP contribution in [-0.2, 0) is 11.8 Å². The Balaban J connectivity index is 1.77. The van der Waals surface area contributed by atoms with Gasteiger partial charge in [0.05, 0.1) is 0 Å². The van der Waals surface area contributed by atoms with Gasteiger partial charge >= 0.3 is 6.03 Å². The van der Waals surface area contributed by atoms with Gasteiger partial charge in [-0.3, -0.25) is 0 Å². The second-order valence-electron chi connectivity index (χ2n) is 7.14. The number of ether oxygens (including phenoxy) is 1. The standard InChI is InChI=1S/C21H28N2O2/c1-5-6-16-7-13-19(14-8-16)25-15-22-20(24)23-18-11-9-17(10-12-18)21(2,3)4/h7-14H,5-6,15H2,1-4H3,(H2,22,23,24). The second-order valence-corrected chi connectivity index (χ2v) is 7.14. The molecule has 0 aromatic heterocycles. The summed E-state index contributed by atoms with van der Waals surface area (Å²) in [5, 5.41) is 5.49. The highest BCUT2D eigenvalue weighted by molar-refractivity contribution is 5.89. The molecule has 0 saturated heterocycles. The molecule has 2 amide bonds. The molecule has 2 N–H and O–H groups in total. The fourth-order valence-electron chi connectivity index (χ4n) is 2.45. The van der Waals surface area contributed by atoms with Gasteiger partial charge in [0.2, 0.25) is 0 Å². The molecule has 0 aliphatic rings. The lowest BCUT2D eigenvalue weighted by Crippen LogP contribution is -2.32. The van der Waals surface area contributed by atoms with Crippen LogP contribution in [0.3, 0.4) is 0 Å². The third-order valence-corrected chi connectivity index (χ3v) is 3.94. The minimum atomic E-state index is -0.286. The number of anilines is 1. The van der Waals surface area contributed by atoms with Gasteiger partial charge in [0.15, 0.2) is 6.73 Å². The summed E-state index contributed by atoms with van der Waals surface area (Å²) in [5.74, 6) is 0.745. The van der Waals surface area contributed by atoms with Crippen LogP contribution in [0.4, 0.5) is 10.5 Å². The van der Waals surface area contributed by atoms with E-state index in [0.29, 0.717) is 0 Å². The first-order valence-corrected chi connectivity index (χ1v) is 8.75. The molecule has 0 heterocycles. The van der Waals surface area contributed by atoms with E-state index >= 15 is 0 Å². The number of benzene rings is 2. The van der Waals surface area contributed by atoms with Crippen molar-refractivity contribution in [2.45, 2.75) is 46.0 Å². The third kappa shape index (κ3) is 6.14. The Kier molecular flexibility index (Phi) is 6.45. The molecular weight excluding hydrogens is 312 g/mol. The van der Waals surface area contributed by atoms with E-state index in [-0.39, 0.29) is 18.2 Å². The molecule has 4 heteroatoms. The van der Waals surface area contributed by atoms with Gasteiger partial charge in [-0.05, 0) is 47.2 Å². The fourth-order valence-corrected chi connectivity index (χ4v) is 2.45. The van der Waals surface area contributed by atoms with Gasteiger partial charge < -0.3 is 15.4 Å². The molecule has 0 radical (unpaired) electrons. The number of rotatable bonds is 6. The average Bonchev–Trinajstić information content (AvgIpc) is 2.56. The van der Waals surface area contributed by atoms with Crippen molar-refractivity contribution >= 4 is 11.7 Å². The van der Waals surface area contributed by atoms with Crippen LogP contribution in [0.2, 0.25) is 0 Å². The summed E-state index contributed by atoms with van der Waals surface area (Å²) in [4.78, 5) is 11.9. The number of aryl methyl sites for hydroxylation is 1. The number of nitrogens with one attached hydrogen (secondary N) is 2. The van der Waals surface area contributed by atoms with E-state index in [1.165, 1.54) is 11.1 Å². The Morgan fingerprint density at radius 1 is 1.00 bits per heavy atom. The van der Waals surface area contributed by atoms with Crippen LogP contribution in [0.5, 0.6) is 5.75 Å².